The van der Waals surface area contributed by atoms with Crippen LogP contribution in [0.3, 0.4) is 0 Å². The molecule has 110 valence electrons. The number of hydrazine groups is 1. The van der Waals surface area contributed by atoms with Crippen molar-refractivity contribution in [2.45, 2.75) is 20.0 Å². The molecule has 8 heteroatoms. The summed E-state index contributed by atoms with van der Waals surface area (Å²) < 4.78 is 9.94. The smallest absolute Gasteiger partial charge is 0.426 e. The lowest BCUT2D eigenvalue weighted by atomic mass is 10.3. The van der Waals surface area contributed by atoms with Gasteiger partial charge >= 0.3 is 6.09 Å². The molecule has 2 N–H and O–H groups in total. The number of benzene rings is 1. The van der Waals surface area contributed by atoms with Gasteiger partial charge in [0.1, 0.15) is 5.75 Å². The van der Waals surface area contributed by atoms with Gasteiger partial charge in [0.2, 0.25) is 0 Å². The molecular formula is C12H14Cl2N2O4. The molecule has 1 atom stereocenters. The monoisotopic (exact) mass is 320 g/mol. The van der Waals surface area contributed by atoms with E-state index in [2.05, 4.69) is 15.6 Å². The predicted octanol–water partition coefficient (Wildman–Crippen LogP) is 2.54. The Morgan fingerprint density at radius 1 is 1.20 bits per heavy atom. The van der Waals surface area contributed by atoms with Gasteiger partial charge in [-0.3, -0.25) is 10.2 Å². The predicted molar refractivity (Wildman–Crippen MR) is 74.9 cm³/mol. The van der Waals surface area contributed by atoms with Crippen LogP contribution in [-0.2, 0) is 9.53 Å². The maximum Gasteiger partial charge on any atom is 0.426 e. The van der Waals surface area contributed by atoms with Gasteiger partial charge in [0.05, 0.1) is 6.61 Å². The van der Waals surface area contributed by atoms with E-state index in [4.69, 9.17) is 27.9 Å². The molecule has 1 aromatic rings. The maximum atomic E-state index is 11.7. The van der Waals surface area contributed by atoms with Gasteiger partial charge in [0.25, 0.3) is 5.91 Å². The third-order valence-electron chi connectivity index (χ3n) is 2.08. The van der Waals surface area contributed by atoms with Gasteiger partial charge in [-0.2, -0.15) is 0 Å². The molecule has 0 aliphatic heterocycles. The molecule has 0 bridgehead atoms. The zero-order valence-corrected chi connectivity index (χ0v) is 12.4. The molecular weight excluding hydrogens is 307 g/mol. The van der Waals surface area contributed by atoms with E-state index < -0.39 is 18.1 Å². The van der Waals surface area contributed by atoms with Crippen molar-refractivity contribution in [3.8, 4) is 5.75 Å². The number of hydrogen-bond donors (Lipinski definition) is 2. The number of ether oxygens (including phenoxy) is 2. The molecule has 1 aromatic carbocycles. The summed E-state index contributed by atoms with van der Waals surface area (Å²) in [5, 5.41) is 0.787. The number of nitrogens with one attached hydrogen (secondary N) is 2. The first-order valence-corrected chi connectivity index (χ1v) is 6.53. The first-order chi connectivity index (χ1) is 9.42. The molecule has 0 aliphatic carbocycles. The largest absolute Gasteiger partial charge is 0.481 e. The van der Waals surface area contributed by atoms with Gasteiger partial charge in [0.15, 0.2) is 6.10 Å². The topological polar surface area (TPSA) is 76.7 Å². The van der Waals surface area contributed by atoms with Gasteiger partial charge in [-0.25, -0.2) is 10.2 Å². The number of carbonyl (C=O) groups is 2. The fourth-order valence-corrected chi connectivity index (χ4v) is 1.74. The normalized spacial score (nSPS) is 11.4. The molecule has 1 rings (SSSR count). The molecule has 6 nitrogen and oxygen atoms in total. The fourth-order valence-electron chi connectivity index (χ4n) is 1.24. The molecule has 0 aliphatic rings. The highest BCUT2D eigenvalue weighted by Gasteiger charge is 2.16. The van der Waals surface area contributed by atoms with Crippen LogP contribution in [0.2, 0.25) is 10.0 Å². The van der Waals surface area contributed by atoms with E-state index in [9.17, 15) is 9.59 Å². The second kappa shape index (κ2) is 7.81. The van der Waals surface area contributed by atoms with Gasteiger partial charge < -0.3 is 9.47 Å². The number of carbonyl (C=O) groups excluding carboxylic acids is 2. The number of amides is 2. The molecule has 0 spiro atoms. The third-order valence-corrected chi connectivity index (χ3v) is 2.52. The molecule has 1 unspecified atom stereocenters. The second-order valence-electron chi connectivity index (χ2n) is 3.70. The summed E-state index contributed by atoms with van der Waals surface area (Å²) >= 11 is 11.6. The lowest BCUT2D eigenvalue weighted by molar-refractivity contribution is -0.128. The Morgan fingerprint density at radius 3 is 2.35 bits per heavy atom. The standard InChI is InChI=1S/C12H14Cl2N2O4/c1-3-19-12(18)16-15-11(17)7(2)20-10-5-8(13)4-9(14)6-10/h4-7H,3H2,1-2H3,(H,15,17)(H,16,18). The third kappa shape index (κ3) is 5.54. The van der Waals surface area contributed by atoms with Crippen LogP contribution in [0.1, 0.15) is 13.8 Å². The number of rotatable bonds is 4. The van der Waals surface area contributed by atoms with Crippen molar-refractivity contribution in [2.24, 2.45) is 0 Å². The van der Waals surface area contributed by atoms with Crippen molar-refractivity contribution in [1.82, 2.24) is 10.9 Å². The quantitative estimate of drug-likeness (QED) is 0.836. The average Bonchev–Trinajstić information content (AvgIpc) is 2.34. The van der Waals surface area contributed by atoms with E-state index >= 15 is 0 Å². The lowest BCUT2D eigenvalue weighted by Crippen LogP contribution is -2.47. The van der Waals surface area contributed by atoms with Crippen LogP contribution in [0.15, 0.2) is 18.2 Å². The summed E-state index contributed by atoms with van der Waals surface area (Å²) in [5.41, 5.74) is 4.24. The van der Waals surface area contributed by atoms with Crippen LogP contribution >= 0.6 is 23.2 Å². The molecule has 2 amide bonds. The van der Waals surface area contributed by atoms with Crippen LogP contribution in [0.5, 0.6) is 5.75 Å². The molecule has 0 saturated carbocycles. The minimum absolute atomic E-state index is 0.203. The Hall–Kier alpha value is -1.66. The lowest BCUT2D eigenvalue weighted by Gasteiger charge is -2.15. The van der Waals surface area contributed by atoms with Crippen LogP contribution in [0.4, 0.5) is 4.79 Å². The van der Waals surface area contributed by atoms with Gasteiger partial charge in [-0.05, 0) is 32.0 Å². The van der Waals surface area contributed by atoms with E-state index in [-0.39, 0.29) is 6.61 Å². The van der Waals surface area contributed by atoms with E-state index in [0.717, 1.165) is 0 Å². The summed E-state index contributed by atoms with van der Waals surface area (Å²) in [6.07, 6.45) is -1.61. The van der Waals surface area contributed by atoms with Crippen LogP contribution in [0.25, 0.3) is 0 Å². The summed E-state index contributed by atoms with van der Waals surface area (Å²) in [6.45, 7) is 3.36. The highest BCUT2D eigenvalue weighted by atomic mass is 35.5. The van der Waals surface area contributed by atoms with E-state index in [1.54, 1.807) is 13.0 Å². The van der Waals surface area contributed by atoms with E-state index in [1.165, 1.54) is 19.1 Å². The molecule has 20 heavy (non-hydrogen) atoms. The zero-order valence-electron chi connectivity index (χ0n) is 10.9. The Labute approximate surface area is 126 Å². The van der Waals surface area contributed by atoms with Gasteiger partial charge in [-0.15, -0.1) is 0 Å². The van der Waals surface area contributed by atoms with E-state index in [0.29, 0.717) is 15.8 Å². The average molecular weight is 321 g/mol. The Kier molecular flexibility index (Phi) is 6.41. The second-order valence-corrected chi connectivity index (χ2v) is 4.57. The van der Waals surface area contributed by atoms with Crippen LogP contribution < -0.4 is 15.6 Å². The van der Waals surface area contributed by atoms with Gasteiger partial charge in [-0.1, -0.05) is 23.2 Å². The minimum Gasteiger partial charge on any atom is -0.481 e. The maximum absolute atomic E-state index is 11.7. The first-order valence-electron chi connectivity index (χ1n) is 5.77. The van der Waals surface area contributed by atoms with Crippen molar-refractivity contribution in [3.05, 3.63) is 28.2 Å². The summed E-state index contributed by atoms with van der Waals surface area (Å²) in [4.78, 5) is 22.6. The molecule has 0 saturated heterocycles. The highest BCUT2D eigenvalue weighted by molar-refractivity contribution is 6.34. The van der Waals surface area contributed by atoms with Crippen LogP contribution in [-0.4, -0.2) is 24.7 Å². The summed E-state index contributed by atoms with van der Waals surface area (Å²) in [5.74, 6) is -0.199. The highest BCUT2D eigenvalue weighted by Crippen LogP contribution is 2.24. The van der Waals surface area contributed by atoms with Crippen molar-refractivity contribution >= 4 is 35.2 Å². The molecule has 0 radical (unpaired) electrons. The molecule has 0 heterocycles. The Morgan fingerprint density at radius 2 is 1.80 bits per heavy atom. The molecule has 0 fully saturated rings. The van der Waals surface area contributed by atoms with Crippen molar-refractivity contribution in [2.75, 3.05) is 6.61 Å². The fraction of sp³-hybridized carbons (Fsp3) is 0.333. The minimum atomic E-state index is -0.855. The van der Waals surface area contributed by atoms with Crippen LogP contribution in [0, 0.1) is 0 Å². The van der Waals surface area contributed by atoms with Crippen molar-refractivity contribution in [3.63, 3.8) is 0 Å². The molecule has 0 aromatic heterocycles. The summed E-state index contributed by atoms with van der Waals surface area (Å²) in [7, 11) is 0. The first kappa shape index (κ1) is 16.4. The SMILES string of the molecule is CCOC(=O)NNC(=O)C(C)Oc1cc(Cl)cc(Cl)c1. The summed E-state index contributed by atoms with van der Waals surface area (Å²) in [6, 6.07) is 4.59. The Bertz CT molecular complexity index is 476. The van der Waals surface area contributed by atoms with Crippen molar-refractivity contribution < 1.29 is 19.1 Å². The zero-order chi connectivity index (χ0) is 15.1. The van der Waals surface area contributed by atoms with Crippen molar-refractivity contribution in [1.29, 1.82) is 0 Å². The number of halogens is 2. The Balaban J connectivity index is 2.51. The van der Waals surface area contributed by atoms with Gasteiger partial charge in [0, 0.05) is 10.0 Å². The number of hydrogen-bond acceptors (Lipinski definition) is 4. The van der Waals surface area contributed by atoms with E-state index in [1.807, 2.05) is 0 Å².